The molecule has 0 aliphatic rings. The normalized spacial score (nSPS) is 10.9. The molecule has 3 nitrogen and oxygen atoms in total. The van der Waals surface area contributed by atoms with E-state index in [1.54, 1.807) is 0 Å². The minimum atomic E-state index is -0.561. The molecule has 0 atom stereocenters. The molecule has 0 N–H and O–H groups in total. The lowest BCUT2D eigenvalue weighted by Crippen LogP contribution is -2.02. The summed E-state index contributed by atoms with van der Waals surface area (Å²) in [6.07, 6.45) is 0. The quantitative estimate of drug-likeness (QED) is 0.703. The van der Waals surface area contributed by atoms with Crippen molar-refractivity contribution in [2.24, 2.45) is 0 Å². The summed E-state index contributed by atoms with van der Waals surface area (Å²) in [4.78, 5) is 0. The summed E-state index contributed by atoms with van der Waals surface area (Å²) < 4.78 is 14.2. The number of hydrogen-bond acceptors (Lipinski definition) is 2. The first-order chi connectivity index (χ1) is 4.63. The van der Waals surface area contributed by atoms with Crippen LogP contribution in [0.2, 0.25) is 0 Å². The van der Waals surface area contributed by atoms with Crippen LogP contribution in [0.15, 0.2) is 4.60 Å². The van der Waals surface area contributed by atoms with Crippen LogP contribution in [0.3, 0.4) is 0 Å². The highest BCUT2D eigenvalue weighted by Gasteiger charge is 2.10. The lowest BCUT2D eigenvalue weighted by molar-refractivity contribution is 0.504. The van der Waals surface area contributed by atoms with Gasteiger partial charge < -0.3 is 0 Å². The molecule has 0 bridgehead atoms. The van der Waals surface area contributed by atoms with Crippen LogP contribution >= 0.6 is 15.9 Å². The second-order valence-electron chi connectivity index (χ2n) is 2.21. The van der Waals surface area contributed by atoms with E-state index in [-0.39, 0.29) is 6.04 Å². The van der Waals surface area contributed by atoms with Crippen molar-refractivity contribution in [3.8, 4) is 0 Å². The van der Waals surface area contributed by atoms with E-state index in [4.69, 9.17) is 0 Å². The van der Waals surface area contributed by atoms with Crippen molar-refractivity contribution in [2.45, 2.75) is 19.9 Å². The first kappa shape index (κ1) is 7.65. The Bertz CT molecular complexity index is 233. The number of hydrogen-bond donors (Lipinski definition) is 0. The summed E-state index contributed by atoms with van der Waals surface area (Å²) in [5.41, 5.74) is 0. The fourth-order valence-corrected chi connectivity index (χ4v) is 1.15. The predicted molar refractivity (Wildman–Crippen MR) is 38.1 cm³/mol. The standard InChI is InChI=1S/C5H7BrFN3/c1-3(2)10-4(6)5(7)8-9-10/h3H,1-2H3. The van der Waals surface area contributed by atoms with Crippen LogP contribution in [0.5, 0.6) is 0 Å². The Kier molecular flexibility index (Phi) is 2.03. The van der Waals surface area contributed by atoms with Gasteiger partial charge in [0.15, 0.2) is 4.60 Å². The highest BCUT2D eigenvalue weighted by molar-refractivity contribution is 9.10. The van der Waals surface area contributed by atoms with Gasteiger partial charge in [-0.05, 0) is 29.8 Å². The topological polar surface area (TPSA) is 30.7 Å². The molecular weight excluding hydrogens is 201 g/mol. The van der Waals surface area contributed by atoms with E-state index in [0.29, 0.717) is 4.60 Å². The second-order valence-corrected chi connectivity index (χ2v) is 2.96. The van der Waals surface area contributed by atoms with E-state index in [9.17, 15) is 4.39 Å². The highest BCUT2D eigenvalue weighted by atomic mass is 79.9. The number of nitrogens with zero attached hydrogens (tertiary/aromatic N) is 3. The molecule has 0 aromatic carbocycles. The number of halogens is 2. The number of aromatic nitrogens is 3. The fourth-order valence-electron chi connectivity index (χ4n) is 0.592. The van der Waals surface area contributed by atoms with Crippen molar-refractivity contribution in [1.82, 2.24) is 15.0 Å². The van der Waals surface area contributed by atoms with Gasteiger partial charge in [0.25, 0.3) is 5.95 Å². The van der Waals surface area contributed by atoms with E-state index in [0.717, 1.165) is 0 Å². The van der Waals surface area contributed by atoms with E-state index >= 15 is 0 Å². The zero-order valence-corrected chi connectivity index (χ0v) is 7.26. The summed E-state index contributed by atoms with van der Waals surface area (Å²) >= 11 is 3.01. The number of rotatable bonds is 1. The third-order valence-electron chi connectivity index (χ3n) is 1.09. The molecule has 0 radical (unpaired) electrons. The van der Waals surface area contributed by atoms with Crippen molar-refractivity contribution in [3.63, 3.8) is 0 Å². The summed E-state index contributed by atoms with van der Waals surface area (Å²) in [5.74, 6) is -0.561. The van der Waals surface area contributed by atoms with Crippen molar-refractivity contribution < 1.29 is 4.39 Å². The Morgan fingerprint density at radius 2 is 2.20 bits per heavy atom. The van der Waals surface area contributed by atoms with E-state index in [1.165, 1.54) is 4.68 Å². The molecule has 1 aromatic heterocycles. The smallest absolute Gasteiger partial charge is 0.233 e. The molecule has 0 spiro atoms. The minimum absolute atomic E-state index is 0.131. The minimum Gasteiger partial charge on any atom is -0.233 e. The summed E-state index contributed by atoms with van der Waals surface area (Å²) in [7, 11) is 0. The highest BCUT2D eigenvalue weighted by Crippen LogP contribution is 2.15. The van der Waals surface area contributed by atoms with Gasteiger partial charge in [-0.1, -0.05) is 10.3 Å². The van der Waals surface area contributed by atoms with Crippen LogP contribution in [0.1, 0.15) is 19.9 Å². The van der Waals surface area contributed by atoms with E-state index in [2.05, 4.69) is 26.2 Å². The van der Waals surface area contributed by atoms with Crippen molar-refractivity contribution in [2.75, 3.05) is 0 Å². The molecule has 5 heteroatoms. The van der Waals surface area contributed by atoms with Crippen LogP contribution in [-0.4, -0.2) is 15.0 Å². The molecule has 1 heterocycles. The van der Waals surface area contributed by atoms with Gasteiger partial charge in [0.1, 0.15) is 0 Å². The maximum atomic E-state index is 12.5. The van der Waals surface area contributed by atoms with Gasteiger partial charge in [0.05, 0.1) is 0 Å². The average molecular weight is 208 g/mol. The third kappa shape index (κ3) is 1.18. The monoisotopic (exact) mass is 207 g/mol. The van der Waals surface area contributed by atoms with Gasteiger partial charge in [-0.25, -0.2) is 4.68 Å². The molecular formula is C5H7BrFN3. The Labute approximate surface area is 66.4 Å². The maximum Gasteiger partial charge on any atom is 0.267 e. The van der Waals surface area contributed by atoms with E-state index in [1.807, 2.05) is 13.8 Å². The van der Waals surface area contributed by atoms with Gasteiger partial charge >= 0.3 is 0 Å². The van der Waals surface area contributed by atoms with Gasteiger partial charge in [0.2, 0.25) is 0 Å². The molecule has 0 fully saturated rings. The first-order valence-electron chi connectivity index (χ1n) is 2.89. The third-order valence-corrected chi connectivity index (χ3v) is 1.78. The Hall–Kier alpha value is -0.450. The molecule has 10 heavy (non-hydrogen) atoms. The van der Waals surface area contributed by atoms with Crippen LogP contribution in [0, 0.1) is 5.95 Å². The van der Waals surface area contributed by atoms with Crippen LogP contribution in [0.4, 0.5) is 4.39 Å². The Balaban J connectivity index is 3.05. The van der Waals surface area contributed by atoms with Crippen LogP contribution < -0.4 is 0 Å². The zero-order chi connectivity index (χ0) is 7.72. The second kappa shape index (κ2) is 2.65. The Morgan fingerprint density at radius 1 is 1.60 bits per heavy atom. The largest absolute Gasteiger partial charge is 0.267 e. The van der Waals surface area contributed by atoms with Gasteiger partial charge in [-0.3, -0.25) is 0 Å². The van der Waals surface area contributed by atoms with Gasteiger partial charge in [-0.15, -0.1) is 0 Å². The summed E-state index contributed by atoms with van der Waals surface area (Å²) in [5, 5.41) is 6.80. The molecule has 56 valence electrons. The average Bonchev–Trinajstić information content (AvgIpc) is 2.14. The summed E-state index contributed by atoms with van der Waals surface area (Å²) in [6.45, 7) is 3.80. The van der Waals surface area contributed by atoms with Crippen molar-refractivity contribution >= 4 is 15.9 Å². The van der Waals surface area contributed by atoms with Crippen molar-refractivity contribution in [1.29, 1.82) is 0 Å². The molecule has 1 aromatic rings. The van der Waals surface area contributed by atoms with Gasteiger partial charge in [-0.2, -0.15) is 4.39 Å². The molecule has 1 rings (SSSR count). The molecule has 0 unspecified atom stereocenters. The Morgan fingerprint density at radius 3 is 2.40 bits per heavy atom. The molecule has 0 aliphatic carbocycles. The van der Waals surface area contributed by atoms with Gasteiger partial charge in [0, 0.05) is 6.04 Å². The molecule has 0 saturated heterocycles. The van der Waals surface area contributed by atoms with Crippen LogP contribution in [0.25, 0.3) is 0 Å². The van der Waals surface area contributed by atoms with E-state index < -0.39 is 5.95 Å². The lowest BCUT2D eigenvalue weighted by Gasteiger charge is -2.03. The van der Waals surface area contributed by atoms with Crippen molar-refractivity contribution in [3.05, 3.63) is 10.6 Å². The zero-order valence-electron chi connectivity index (χ0n) is 5.67. The SMILES string of the molecule is CC(C)n1nnc(F)c1Br. The van der Waals surface area contributed by atoms with Crippen LogP contribution in [-0.2, 0) is 0 Å². The lowest BCUT2D eigenvalue weighted by atomic mass is 10.4. The molecule has 0 amide bonds. The first-order valence-corrected chi connectivity index (χ1v) is 3.68. The molecule has 0 saturated carbocycles. The molecule has 0 aliphatic heterocycles. The summed E-state index contributed by atoms with van der Waals surface area (Å²) in [6, 6.07) is 0.131. The maximum absolute atomic E-state index is 12.5. The fraction of sp³-hybridized carbons (Fsp3) is 0.600. The predicted octanol–water partition coefficient (Wildman–Crippen LogP) is 1.76.